The number of fused-ring (bicyclic) bond motifs is 1. The van der Waals surface area contributed by atoms with Crippen molar-refractivity contribution >= 4 is 6.29 Å². The standard InChI is InChI=1S/C18H25NO2/c1-11-13(10-20)17(12-6-4-5-7-12)19-14-8-18(2,3)9-15(21)16(11)14/h10,12,15,21H,4-9H2,1-3H3/t15-/m0/s1. The van der Waals surface area contributed by atoms with Crippen molar-refractivity contribution in [1.29, 1.82) is 0 Å². The number of aldehydes is 1. The third-order valence-corrected chi connectivity index (χ3v) is 5.24. The number of aliphatic hydroxyl groups excluding tert-OH is 1. The molecule has 1 aromatic heterocycles. The Hall–Kier alpha value is -1.22. The molecule has 3 heteroatoms. The second-order valence-corrected chi connectivity index (χ2v) is 7.56. The maximum absolute atomic E-state index is 11.6. The van der Waals surface area contributed by atoms with Crippen molar-refractivity contribution < 1.29 is 9.90 Å². The molecule has 0 radical (unpaired) electrons. The van der Waals surface area contributed by atoms with Gasteiger partial charge in [-0.15, -0.1) is 0 Å². The first-order valence-corrected chi connectivity index (χ1v) is 8.09. The lowest BCUT2D eigenvalue weighted by atomic mass is 9.73. The van der Waals surface area contributed by atoms with Gasteiger partial charge in [0.25, 0.3) is 0 Å². The fourth-order valence-corrected chi connectivity index (χ4v) is 4.21. The Morgan fingerprint density at radius 1 is 1.29 bits per heavy atom. The minimum absolute atomic E-state index is 0.0709. The minimum Gasteiger partial charge on any atom is -0.388 e. The molecule has 0 unspecified atom stereocenters. The highest BCUT2D eigenvalue weighted by Gasteiger charge is 2.35. The van der Waals surface area contributed by atoms with Gasteiger partial charge in [-0.3, -0.25) is 9.78 Å². The largest absolute Gasteiger partial charge is 0.388 e. The number of pyridine rings is 1. The predicted octanol–water partition coefficient (Wildman–Crippen LogP) is 3.87. The van der Waals surface area contributed by atoms with Crippen molar-refractivity contribution in [2.45, 2.75) is 71.3 Å². The van der Waals surface area contributed by atoms with E-state index in [9.17, 15) is 9.90 Å². The van der Waals surface area contributed by atoms with E-state index < -0.39 is 6.10 Å². The fraction of sp³-hybridized carbons (Fsp3) is 0.667. The van der Waals surface area contributed by atoms with E-state index in [1.54, 1.807) is 0 Å². The van der Waals surface area contributed by atoms with Crippen molar-refractivity contribution in [3.8, 4) is 0 Å². The summed E-state index contributed by atoms with van der Waals surface area (Å²) in [7, 11) is 0. The highest BCUT2D eigenvalue weighted by atomic mass is 16.3. The smallest absolute Gasteiger partial charge is 0.152 e. The van der Waals surface area contributed by atoms with E-state index in [4.69, 9.17) is 4.98 Å². The molecule has 1 aromatic rings. The average molecular weight is 287 g/mol. The number of carbonyl (C=O) groups is 1. The lowest BCUT2D eigenvalue weighted by molar-refractivity contribution is 0.0971. The molecule has 0 spiro atoms. The summed E-state index contributed by atoms with van der Waals surface area (Å²) in [5, 5.41) is 10.5. The summed E-state index contributed by atoms with van der Waals surface area (Å²) in [6, 6.07) is 0. The number of aliphatic hydroxyl groups is 1. The van der Waals surface area contributed by atoms with Crippen LogP contribution in [0.3, 0.4) is 0 Å². The monoisotopic (exact) mass is 287 g/mol. The number of hydrogen-bond acceptors (Lipinski definition) is 3. The van der Waals surface area contributed by atoms with E-state index in [1.165, 1.54) is 12.8 Å². The van der Waals surface area contributed by atoms with E-state index in [0.29, 0.717) is 5.92 Å². The topological polar surface area (TPSA) is 50.2 Å². The first-order chi connectivity index (χ1) is 9.93. The molecule has 2 aliphatic rings. The van der Waals surface area contributed by atoms with Gasteiger partial charge in [-0.1, -0.05) is 26.7 Å². The normalized spacial score (nSPS) is 24.9. The Morgan fingerprint density at radius 3 is 2.57 bits per heavy atom. The highest BCUT2D eigenvalue weighted by Crippen LogP contribution is 2.44. The molecule has 1 heterocycles. The van der Waals surface area contributed by atoms with Crippen LogP contribution in [0.2, 0.25) is 0 Å². The Balaban J connectivity index is 2.15. The second kappa shape index (κ2) is 5.20. The number of aromatic nitrogens is 1. The quantitative estimate of drug-likeness (QED) is 0.840. The van der Waals surface area contributed by atoms with Gasteiger partial charge in [-0.2, -0.15) is 0 Å². The highest BCUT2D eigenvalue weighted by molar-refractivity contribution is 5.80. The summed E-state index contributed by atoms with van der Waals surface area (Å²) in [5.41, 5.74) is 4.69. The molecular formula is C18H25NO2. The molecule has 1 N–H and O–H groups in total. The van der Waals surface area contributed by atoms with E-state index in [1.807, 2.05) is 6.92 Å². The van der Waals surface area contributed by atoms with Crippen LogP contribution >= 0.6 is 0 Å². The van der Waals surface area contributed by atoms with Crippen LogP contribution in [0, 0.1) is 12.3 Å². The summed E-state index contributed by atoms with van der Waals surface area (Å²) in [6.45, 7) is 6.34. The molecule has 1 saturated carbocycles. The Labute approximate surface area is 126 Å². The maximum atomic E-state index is 11.6. The Morgan fingerprint density at radius 2 is 1.95 bits per heavy atom. The zero-order chi connectivity index (χ0) is 15.2. The average Bonchev–Trinajstić information content (AvgIpc) is 2.89. The van der Waals surface area contributed by atoms with Gasteiger partial charge in [0.15, 0.2) is 6.29 Å². The lowest BCUT2D eigenvalue weighted by Gasteiger charge is -2.36. The van der Waals surface area contributed by atoms with Crippen molar-refractivity contribution in [3.05, 3.63) is 28.1 Å². The first-order valence-electron chi connectivity index (χ1n) is 8.09. The Kier molecular flexibility index (Phi) is 3.64. The summed E-state index contributed by atoms with van der Waals surface area (Å²) in [4.78, 5) is 16.5. The van der Waals surface area contributed by atoms with Crippen LogP contribution in [0.25, 0.3) is 0 Å². The minimum atomic E-state index is -0.493. The van der Waals surface area contributed by atoms with E-state index in [-0.39, 0.29) is 5.41 Å². The maximum Gasteiger partial charge on any atom is 0.152 e. The summed E-state index contributed by atoms with van der Waals surface area (Å²) in [5.74, 6) is 0.427. The molecule has 0 amide bonds. The summed E-state index contributed by atoms with van der Waals surface area (Å²) < 4.78 is 0. The van der Waals surface area contributed by atoms with Crippen LogP contribution in [0.4, 0.5) is 0 Å². The molecule has 2 aliphatic carbocycles. The SMILES string of the molecule is Cc1c(C=O)c(C2CCCC2)nc2c1[C@@H](O)CC(C)(C)C2. The predicted molar refractivity (Wildman–Crippen MR) is 82.6 cm³/mol. The van der Waals surface area contributed by atoms with Crippen molar-refractivity contribution in [3.63, 3.8) is 0 Å². The number of hydrogen-bond donors (Lipinski definition) is 1. The van der Waals surface area contributed by atoms with Crippen LogP contribution in [0.1, 0.15) is 90.8 Å². The number of carbonyl (C=O) groups excluding carboxylic acids is 1. The summed E-state index contributed by atoms with van der Waals surface area (Å²) in [6.07, 6.45) is 6.82. The first kappa shape index (κ1) is 14.7. The molecule has 1 atom stereocenters. The second-order valence-electron chi connectivity index (χ2n) is 7.56. The van der Waals surface area contributed by atoms with Crippen LogP contribution < -0.4 is 0 Å². The molecule has 0 aromatic carbocycles. The third-order valence-electron chi connectivity index (χ3n) is 5.24. The van der Waals surface area contributed by atoms with Gasteiger partial charge in [-0.05, 0) is 43.6 Å². The van der Waals surface area contributed by atoms with Crippen LogP contribution in [0.15, 0.2) is 0 Å². The zero-order valence-electron chi connectivity index (χ0n) is 13.3. The van der Waals surface area contributed by atoms with E-state index in [2.05, 4.69) is 13.8 Å². The van der Waals surface area contributed by atoms with Crippen molar-refractivity contribution in [2.24, 2.45) is 5.41 Å². The lowest BCUT2D eigenvalue weighted by Crippen LogP contribution is -2.28. The van der Waals surface area contributed by atoms with Gasteiger partial charge in [0.05, 0.1) is 11.8 Å². The van der Waals surface area contributed by atoms with Gasteiger partial charge in [-0.25, -0.2) is 0 Å². The van der Waals surface area contributed by atoms with Gasteiger partial charge in [0.2, 0.25) is 0 Å². The molecule has 1 fully saturated rings. The Bertz CT molecular complexity index is 571. The van der Waals surface area contributed by atoms with Crippen LogP contribution in [-0.2, 0) is 6.42 Å². The van der Waals surface area contributed by atoms with Gasteiger partial charge < -0.3 is 5.11 Å². The van der Waals surface area contributed by atoms with Crippen molar-refractivity contribution in [2.75, 3.05) is 0 Å². The molecule has 0 saturated heterocycles. The van der Waals surface area contributed by atoms with Crippen molar-refractivity contribution in [1.82, 2.24) is 4.98 Å². The number of nitrogens with zero attached hydrogens (tertiary/aromatic N) is 1. The fourth-order valence-electron chi connectivity index (χ4n) is 4.21. The van der Waals surface area contributed by atoms with Gasteiger partial charge in [0, 0.05) is 22.7 Å². The summed E-state index contributed by atoms with van der Waals surface area (Å²) >= 11 is 0. The third kappa shape index (κ3) is 2.52. The van der Waals surface area contributed by atoms with Gasteiger partial charge in [0.1, 0.15) is 0 Å². The molecule has 0 bridgehead atoms. The molecule has 3 rings (SSSR count). The van der Waals surface area contributed by atoms with E-state index in [0.717, 1.165) is 60.0 Å². The molecular weight excluding hydrogens is 262 g/mol. The van der Waals surface area contributed by atoms with E-state index >= 15 is 0 Å². The van der Waals surface area contributed by atoms with Crippen LogP contribution in [0.5, 0.6) is 0 Å². The molecule has 0 aliphatic heterocycles. The molecule has 21 heavy (non-hydrogen) atoms. The van der Waals surface area contributed by atoms with Crippen LogP contribution in [-0.4, -0.2) is 16.4 Å². The number of rotatable bonds is 2. The molecule has 114 valence electrons. The zero-order valence-corrected chi connectivity index (χ0v) is 13.3. The van der Waals surface area contributed by atoms with Gasteiger partial charge >= 0.3 is 0 Å². The molecule has 3 nitrogen and oxygen atoms in total.